The van der Waals surface area contributed by atoms with Gasteiger partial charge in [-0.15, -0.1) is 0 Å². The Morgan fingerprint density at radius 2 is 1.58 bits per heavy atom. The third-order valence-corrected chi connectivity index (χ3v) is 12.0. The highest BCUT2D eigenvalue weighted by Gasteiger charge is 2.54. The minimum absolute atomic E-state index is 0.0174. The number of carbonyl (C=O) groups is 1. The summed E-state index contributed by atoms with van der Waals surface area (Å²) in [5, 5.41) is 82.7. The molecule has 0 bridgehead atoms. The van der Waals surface area contributed by atoms with Crippen LogP contribution in [0.2, 0.25) is 0 Å². The Bertz CT molecular complexity index is 1220. The van der Waals surface area contributed by atoms with Gasteiger partial charge in [-0.2, -0.15) is 0 Å². The van der Waals surface area contributed by atoms with E-state index in [2.05, 4.69) is 5.16 Å². The van der Waals surface area contributed by atoms with E-state index in [9.17, 15) is 40.6 Å². The average molecular weight is 765 g/mol. The van der Waals surface area contributed by atoms with Gasteiger partial charge >= 0.3 is 5.97 Å². The van der Waals surface area contributed by atoms with E-state index in [1.807, 2.05) is 25.9 Å². The Morgan fingerprint density at radius 3 is 2.11 bits per heavy atom. The first-order valence-corrected chi connectivity index (χ1v) is 18.9. The molecule has 0 amide bonds. The van der Waals surface area contributed by atoms with Crippen LogP contribution in [0.3, 0.4) is 0 Å². The van der Waals surface area contributed by atoms with Gasteiger partial charge in [0.2, 0.25) is 0 Å². The molecule has 53 heavy (non-hydrogen) atoms. The molecule has 0 saturated carbocycles. The first kappa shape index (κ1) is 45.8. The number of hydrogen-bond acceptors (Lipinski definition) is 16. The monoisotopic (exact) mass is 764 g/mol. The summed E-state index contributed by atoms with van der Waals surface area (Å²) in [4.78, 5) is 16.1. The Hall–Kier alpha value is -1.54. The van der Waals surface area contributed by atoms with Crippen molar-refractivity contribution in [3.8, 4) is 0 Å². The molecule has 7 N–H and O–H groups in total. The van der Waals surface area contributed by atoms with Gasteiger partial charge in [0.05, 0.1) is 54.0 Å². The van der Waals surface area contributed by atoms with E-state index < -0.39 is 108 Å². The van der Waals surface area contributed by atoms with Crippen molar-refractivity contribution in [1.29, 1.82) is 0 Å². The van der Waals surface area contributed by atoms with Crippen LogP contribution in [-0.4, -0.2) is 164 Å². The molecule has 0 aromatic carbocycles. The van der Waals surface area contributed by atoms with Gasteiger partial charge in [-0.25, -0.2) is 0 Å². The molecule has 3 fully saturated rings. The summed E-state index contributed by atoms with van der Waals surface area (Å²) in [5.74, 6) is -5.10. The number of rotatable bonds is 8. The normalized spacial score (nSPS) is 49.1. The van der Waals surface area contributed by atoms with Gasteiger partial charge in [0, 0.05) is 37.3 Å². The number of hydrogen-bond donors (Lipinski definition) is 7. The number of aliphatic hydroxyl groups excluding tert-OH is 4. The predicted octanol–water partition coefficient (Wildman–Crippen LogP) is 1.02. The number of carbonyl (C=O) groups excluding carboxylic acids is 1. The lowest BCUT2D eigenvalue weighted by molar-refractivity contribution is -0.318. The molecule has 3 rings (SSSR count). The molecule has 3 aliphatic heterocycles. The molecule has 3 aliphatic rings. The summed E-state index contributed by atoms with van der Waals surface area (Å²) < 4.78 is 37.0. The molecule has 0 spiro atoms. The fraction of sp³-hybridized carbons (Fsp3) is 0.946. The van der Waals surface area contributed by atoms with Crippen molar-refractivity contribution in [3.05, 3.63) is 0 Å². The van der Waals surface area contributed by atoms with Gasteiger partial charge in [-0.3, -0.25) is 4.79 Å². The van der Waals surface area contributed by atoms with Crippen molar-refractivity contribution >= 4 is 11.7 Å². The minimum atomic E-state index is -2.05. The average Bonchev–Trinajstić information content (AvgIpc) is 3.08. The molecule has 3 heterocycles. The second kappa shape index (κ2) is 18.2. The highest BCUT2D eigenvalue weighted by molar-refractivity contribution is 5.88. The molecule has 0 aromatic heterocycles. The third-order valence-electron chi connectivity index (χ3n) is 12.0. The molecular formula is C37H68N2O14. The minimum Gasteiger partial charge on any atom is -0.459 e. The zero-order chi connectivity index (χ0) is 40.4. The molecule has 310 valence electrons. The fourth-order valence-corrected chi connectivity index (χ4v) is 8.66. The van der Waals surface area contributed by atoms with E-state index in [0.717, 1.165) is 0 Å². The lowest BCUT2D eigenvalue weighted by Gasteiger charge is -2.49. The SMILES string of the molecule is CC[C@H]1OC(=O)[C@H](CO)[C@@H](O[C@H]2C[C@@](C)(OC)[C@@H](O)[C@H](C)O2)[C@H](C)[C@@H](O[C@@H]2O[C@H](C)C[C@H](N(C)C)[C@H]2O)[C@](C)(O)C[C@@H](C)/C(=N\O)[C@H](C)[C@@H](O)[C@]1(C)O. The van der Waals surface area contributed by atoms with Crippen LogP contribution in [0.4, 0.5) is 0 Å². The highest BCUT2D eigenvalue weighted by atomic mass is 16.7. The molecule has 18 atom stereocenters. The quantitative estimate of drug-likeness (QED) is 0.104. The van der Waals surface area contributed by atoms with E-state index in [-0.39, 0.29) is 37.1 Å². The maximum Gasteiger partial charge on any atom is 0.314 e. The standard InChI is InChI=1S/C37H68N2O14/c1-13-25-37(9,46)30(42)20(4)27(38-47)18(2)15-35(7,45)32(53-34-28(41)24(39(10)11)14-19(3)49-34)21(5)29(23(17-40)33(44)51-25)52-26-16-36(8,48-12)31(43)22(6)50-26/h18-26,28-32,34,40-43,45-47H,13-17H2,1-12H3/b38-27+/t18-,19-,20+,21+,22+,23-,24+,25-,26+,28-,29+,30-,31+,32-,34+,35-,36-,37-/m1/s1. The lowest BCUT2D eigenvalue weighted by atomic mass is 9.73. The summed E-state index contributed by atoms with van der Waals surface area (Å²) in [7, 11) is 5.11. The molecular weight excluding hydrogens is 696 g/mol. The number of cyclic esters (lactones) is 1. The summed E-state index contributed by atoms with van der Waals surface area (Å²) >= 11 is 0. The Labute approximate surface area is 314 Å². The van der Waals surface area contributed by atoms with Gasteiger partial charge in [0.1, 0.15) is 29.8 Å². The van der Waals surface area contributed by atoms with Crippen molar-refractivity contribution in [1.82, 2.24) is 4.90 Å². The number of oxime groups is 1. The van der Waals surface area contributed by atoms with Crippen LogP contribution in [0.15, 0.2) is 5.16 Å². The summed E-state index contributed by atoms with van der Waals surface area (Å²) in [6.45, 7) is 13.8. The van der Waals surface area contributed by atoms with Gasteiger partial charge in [-0.05, 0) is 68.0 Å². The largest absolute Gasteiger partial charge is 0.459 e. The molecule has 0 radical (unpaired) electrons. The zero-order valence-electron chi connectivity index (χ0n) is 33.6. The van der Waals surface area contributed by atoms with E-state index in [1.54, 1.807) is 41.5 Å². The Morgan fingerprint density at radius 1 is 0.962 bits per heavy atom. The highest BCUT2D eigenvalue weighted by Crippen LogP contribution is 2.41. The predicted molar refractivity (Wildman–Crippen MR) is 192 cm³/mol. The maximum atomic E-state index is 14.2. The van der Waals surface area contributed by atoms with Crippen molar-refractivity contribution < 1.29 is 69.1 Å². The number of nitrogens with zero attached hydrogens (tertiary/aromatic N) is 2. The number of likely N-dealkylation sites (N-methyl/N-ethyl adjacent to an activating group) is 1. The number of methoxy groups -OCH3 is 1. The van der Waals surface area contributed by atoms with Crippen LogP contribution in [0.5, 0.6) is 0 Å². The van der Waals surface area contributed by atoms with Crippen molar-refractivity contribution in [3.63, 3.8) is 0 Å². The summed E-state index contributed by atoms with van der Waals surface area (Å²) in [6, 6.07) is -0.363. The third kappa shape index (κ3) is 9.89. The van der Waals surface area contributed by atoms with Gasteiger partial charge in [0.25, 0.3) is 0 Å². The number of aliphatic hydroxyl groups is 6. The van der Waals surface area contributed by atoms with Crippen LogP contribution >= 0.6 is 0 Å². The Kier molecular flexibility index (Phi) is 15.7. The molecule has 3 saturated heterocycles. The van der Waals surface area contributed by atoms with Crippen LogP contribution in [0.25, 0.3) is 0 Å². The fourth-order valence-electron chi connectivity index (χ4n) is 8.66. The topological polar surface area (TPSA) is 230 Å². The lowest BCUT2D eigenvalue weighted by Crippen LogP contribution is -2.61. The van der Waals surface area contributed by atoms with E-state index >= 15 is 0 Å². The molecule has 16 nitrogen and oxygen atoms in total. The molecule has 0 aromatic rings. The Balaban J connectivity index is 2.25. The van der Waals surface area contributed by atoms with Crippen LogP contribution in [-0.2, 0) is 33.2 Å². The van der Waals surface area contributed by atoms with Crippen molar-refractivity contribution in [2.45, 2.75) is 172 Å². The number of esters is 1. The van der Waals surface area contributed by atoms with Gasteiger partial charge in [0.15, 0.2) is 12.6 Å². The van der Waals surface area contributed by atoms with Gasteiger partial charge < -0.3 is 69.2 Å². The zero-order valence-corrected chi connectivity index (χ0v) is 33.6. The first-order valence-electron chi connectivity index (χ1n) is 18.9. The smallest absolute Gasteiger partial charge is 0.314 e. The summed E-state index contributed by atoms with van der Waals surface area (Å²) in [6.07, 6.45) is -10.7. The van der Waals surface area contributed by atoms with Crippen molar-refractivity contribution in [2.75, 3.05) is 27.8 Å². The second-order valence-electron chi connectivity index (χ2n) is 16.6. The molecule has 0 aliphatic carbocycles. The second-order valence-corrected chi connectivity index (χ2v) is 16.6. The van der Waals surface area contributed by atoms with E-state index in [1.165, 1.54) is 21.0 Å². The van der Waals surface area contributed by atoms with Crippen LogP contribution < -0.4 is 0 Å². The number of ether oxygens (including phenoxy) is 6. The summed E-state index contributed by atoms with van der Waals surface area (Å²) in [5.41, 5.74) is -4.94. The van der Waals surface area contributed by atoms with Gasteiger partial charge in [-0.1, -0.05) is 32.9 Å². The van der Waals surface area contributed by atoms with E-state index in [0.29, 0.717) is 6.42 Å². The first-order chi connectivity index (χ1) is 24.5. The van der Waals surface area contributed by atoms with E-state index in [4.69, 9.17) is 28.4 Å². The van der Waals surface area contributed by atoms with Crippen LogP contribution in [0, 0.1) is 23.7 Å². The molecule has 16 heteroatoms. The van der Waals surface area contributed by atoms with Crippen LogP contribution in [0.1, 0.15) is 88.0 Å². The molecule has 0 unspecified atom stereocenters. The van der Waals surface area contributed by atoms with Crippen molar-refractivity contribution in [2.24, 2.45) is 28.8 Å². The maximum absolute atomic E-state index is 14.2.